The van der Waals surface area contributed by atoms with Crippen molar-refractivity contribution in [2.24, 2.45) is 0 Å². The Labute approximate surface area is 296 Å². The number of benzene rings is 7. The molecule has 10 aromatic rings. The minimum absolute atomic E-state index is 0.666. The minimum Gasteiger partial charge on any atom is -0.208 e. The Morgan fingerprint density at radius 1 is 0.320 bits per heavy atom. The van der Waals surface area contributed by atoms with Gasteiger partial charge in [0, 0.05) is 57.0 Å². The predicted octanol–water partition coefficient (Wildman–Crippen LogP) is 12.9. The maximum Gasteiger partial charge on any atom is 0.164 e. The molecule has 0 spiro atoms. The Bertz CT molecular complexity index is 2800. The molecule has 5 heteroatoms. The van der Waals surface area contributed by atoms with Gasteiger partial charge in [-0.15, -0.1) is 22.7 Å². The molecule has 3 aromatic heterocycles. The topological polar surface area (TPSA) is 38.7 Å². The molecule has 0 aliphatic heterocycles. The fourth-order valence-electron chi connectivity index (χ4n) is 7.02. The van der Waals surface area contributed by atoms with E-state index in [4.69, 9.17) is 15.0 Å². The van der Waals surface area contributed by atoms with Crippen molar-refractivity contribution in [1.29, 1.82) is 0 Å². The number of hydrogen-bond donors (Lipinski definition) is 0. The first-order valence-electron chi connectivity index (χ1n) is 16.6. The first-order chi connectivity index (χ1) is 24.8. The molecule has 7 aromatic carbocycles. The number of fused-ring (bicyclic) bond motifs is 6. The molecule has 10 rings (SSSR count). The van der Waals surface area contributed by atoms with Gasteiger partial charge in [0.1, 0.15) is 0 Å². The largest absolute Gasteiger partial charge is 0.208 e. The van der Waals surface area contributed by atoms with Crippen LogP contribution >= 0.6 is 22.7 Å². The van der Waals surface area contributed by atoms with Gasteiger partial charge >= 0.3 is 0 Å². The molecule has 0 atom stereocenters. The molecular weight excluding hydrogens is 647 g/mol. The molecule has 0 radical (unpaired) electrons. The normalized spacial score (nSPS) is 11.6. The van der Waals surface area contributed by atoms with Crippen molar-refractivity contribution in [2.75, 3.05) is 0 Å². The molecule has 0 aliphatic carbocycles. The van der Waals surface area contributed by atoms with Crippen molar-refractivity contribution in [3.63, 3.8) is 0 Å². The molecule has 0 saturated carbocycles. The highest BCUT2D eigenvalue weighted by Crippen LogP contribution is 2.47. The highest BCUT2D eigenvalue weighted by molar-refractivity contribution is 7.26. The summed E-state index contributed by atoms with van der Waals surface area (Å²) >= 11 is 3.70. The zero-order chi connectivity index (χ0) is 33.0. The van der Waals surface area contributed by atoms with E-state index >= 15 is 0 Å². The first kappa shape index (κ1) is 29.0. The summed E-state index contributed by atoms with van der Waals surface area (Å²) in [5, 5.41) is 5.01. The van der Waals surface area contributed by atoms with Gasteiger partial charge in [0.15, 0.2) is 17.5 Å². The third-order valence-corrected chi connectivity index (χ3v) is 11.7. The maximum absolute atomic E-state index is 5.08. The van der Waals surface area contributed by atoms with Crippen LogP contribution in [-0.4, -0.2) is 15.0 Å². The van der Waals surface area contributed by atoms with E-state index in [9.17, 15) is 0 Å². The third kappa shape index (κ3) is 4.82. The van der Waals surface area contributed by atoms with Crippen LogP contribution in [0.25, 0.3) is 96.8 Å². The van der Waals surface area contributed by atoms with E-state index in [0.717, 1.165) is 16.7 Å². The van der Waals surface area contributed by atoms with Gasteiger partial charge in [-0.3, -0.25) is 0 Å². The SMILES string of the molecule is c1ccc(-c2nc(-c3ccccc3)nc(-c3cccc4sc5cc(-c6ccc(-c7ccccc7)c7sc8ccccc8c67)ccc5c34)n2)cc1. The van der Waals surface area contributed by atoms with Crippen molar-refractivity contribution >= 4 is 63.0 Å². The monoisotopic (exact) mass is 673 g/mol. The smallest absolute Gasteiger partial charge is 0.164 e. The Kier molecular flexibility index (Phi) is 6.86. The predicted molar refractivity (Wildman–Crippen MR) is 213 cm³/mol. The van der Waals surface area contributed by atoms with Crippen LogP contribution in [0.1, 0.15) is 0 Å². The number of aromatic nitrogens is 3. The van der Waals surface area contributed by atoms with E-state index < -0.39 is 0 Å². The van der Waals surface area contributed by atoms with Crippen LogP contribution in [0.3, 0.4) is 0 Å². The fraction of sp³-hybridized carbons (Fsp3) is 0. The average molecular weight is 674 g/mol. The second-order valence-electron chi connectivity index (χ2n) is 12.4. The van der Waals surface area contributed by atoms with Crippen LogP contribution < -0.4 is 0 Å². The quantitative estimate of drug-likeness (QED) is 0.182. The molecule has 0 bridgehead atoms. The van der Waals surface area contributed by atoms with E-state index in [1.165, 1.54) is 62.6 Å². The average Bonchev–Trinajstić information content (AvgIpc) is 3.77. The van der Waals surface area contributed by atoms with Crippen LogP contribution in [0.2, 0.25) is 0 Å². The summed E-state index contributed by atoms with van der Waals surface area (Å²) in [5.41, 5.74) is 7.94. The number of nitrogens with zero attached hydrogens (tertiary/aromatic N) is 3. The van der Waals surface area contributed by atoms with Gasteiger partial charge in [-0.25, -0.2) is 15.0 Å². The molecule has 0 N–H and O–H groups in total. The highest BCUT2D eigenvalue weighted by atomic mass is 32.1. The molecule has 0 unspecified atom stereocenters. The van der Waals surface area contributed by atoms with E-state index in [2.05, 4.69) is 127 Å². The van der Waals surface area contributed by atoms with Gasteiger partial charge in [0.05, 0.1) is 0 Å². The lowest BCUT2D eigenvalue weighted by Crippen LogP contribution is -2.00. The van der Waals surface area contributed by atoms with Crippen molar-refractivity contribution in [1.82, 2.24) is 15.0 Å². The summed E-state index contributed by atoms with van der Waals surface area (Å²) < 4.78 is 5.09. The summed E-state index contributed by atoms with van der Waals surface area (Å²) in [7, 11) is 0. The zero-order valence-electron chi connectivity index (χ0n) is 26.7. The molecular formula is C45H27N3S2. The lowest BCUT2D eigenvalue weighted by molar-refractivity contribution is 1.08. The Hall–Kier alpha value is -6.01. The summed E-state index contributed by atoms with van der Waals surface area (Å²) in [4.78, 5) is 15.1. The second kappa shape index (κ2) is 11.8. The number of thiophene rings is 2. The number of rotatable bonds is 5. The molecule has 0 fully saturated rings. The Morgan fingerprint density at radius 3 is 1.62 bits per heavy atom. The van der Waals surface area contributed by atoms with Crippen molar-refractivity contribution in [3.05, 3.63) is 164 Å². The fourth-order valence-corrected chi connectivity index (χ4v) is 9.46. The van der Waals surface area contributed by atoms with E-state index in [-0.39, 0.29) is 0 Å². The van der Waals surface area contributed by atoms with Gasteiger partial charge in [-0.1, -0.05) is 146 Å². The minimum atomic E-state index is 0.666. The summed E-state index contributed by atoms with van der Waals surface area (Å²) in [6, 6.07) is 57.9. The molecule has 0 aliphatic rings. The zero-order valence-corrected chi connectivity index (χ0v) is 28.4. The van der Waals surface area contributed by atoms with Crippen molar-refractivity contribution < 1.29 is 0 Å². The van der Waals surface area contributed by atoms with E-state index in [0.29, 0.717) is 17.5 Å². The lowest BCUT2D eigenvalue weighted by atomic mass is 9.94. The highest BCUT2D eigenvalue weighted by Gasteiger charge is 2.19. The second-order valence-corrected chi connectivity index (χ2v) is 14.5. The Balaban J connectivity index is 1.16. The van der Waals surface area contributed by atoms with Gasteiger partial charge in [-0.05, 0) is 40.5 Å². The standard InChI is InChI=1S/C45H27N3S2/c1-4-13-28(14-5-1)33-26-25-32(41-34-19-10-11-21-37(34)50-42(33)41)31-23-24-35-39(27-31)49-38-22-12-20-36(40(35)38)45-47-43(29-15-6-2-7-16-29)46-44(48-45)30-17-8-3-9-18-30/h1-27H. The van der Waals surface area contributed by atoms with Gasteiger partial charge in [-0.2, -0.15) is 0 Å². The van der Waals surface area contributed by atoms with Crippen LogP contribution in [0.15, 0.2) is 164 Å². The van der Waals surface area contributed by atoms with E-state index in [1.807, 2.05) is 59.1 Å². The maximum atomic E-state index is 5.08. The summed E-state index contributed by atoms with van der Waals surface area (Å²) in [6.45, 7) is 0. The molecule has 3 heterocycles. The molecule has 0 amide bonds. The summed E-state index contributed by atoms with van der Waals surface area (Å²) in [6.07, 6.45) is 0. The summed E-state index contributed by atoms with van der Waals surface area (Å²) in [5.74, 6) is 2.01. The lowest BCUT2D eigenvalue weighted by Gasteiger charge is -2.10. The van der Waals surface area contributed by atoms with Gasteiger partial charge < -0.3 is 0 Å². The van der Waals surface area contributed by atoms with Crippen LogP contribution in [0, 0.1) is 0 Å². The molecule has 0 saturated heterocycles. The van der Waals surface area contributed by atoms with Gasteiger partial charge in [0.2, 0.25) is 0 Å². The van der Waals surface area contributed by atoms with Crippen molar-refractivity contribution in [3.8, 4) is 56.4 Å². The number of hydrogen-bond acceptors (Lipinski definition) is 5. The van der Waals surface area contributed by atoms with Crippen molar-refractivity contribution in [2.45, 2.75) is 0 Å². The van der Waals surface area contributed by atoms with Crippen LogP contribution in [-0.2, 0) is 0 Å². The van der Waals surface area contributed by atoms with Crippen LogP contribution in [0.4, 0.5) is 0 Å². The van der Waals surface area contributed by atoms with Crippen LogP contribution in [0.5, 0.6) is 0 Å². The van der Waals surface area contributed by atoms with E-state index in [1.54, 1.807) is 0 Å². The van der Waals surface area contributed by atoms with Gasteiger partial charge in [0.25, 0.3) is 0 Å². The third-order valence-electron chi connectivity index (χ3n) is 9.36. The molecule has 3 nitrogen and oxygen atoms in total. The first-order valence-corrected chi connectivity index (χ1v) is 18.2. The Morgan fingerprint density at radius 2 is 0.900 bits per heavy atom. The molecule has 50 heavy (non-hydrogen) atoms. The molecule has 234 valence electrons.